The van der Waals surface area contributed by atoms with Gasteiger partial charge in [0.05, 0.1) is 24.8 Å². The lowest BCUT2D eigenvalue weighted by Crippen LogP contribution is -2.32. The first-order valence-electron chi connectivity index (χ1n) is 8.22. The number of amides is 1. The molecular weight excluding hydrogens is 312 g/mol. The van der Waals surface area contributed by atoms with E-state index in [4.69, 9.17) is 10.00 Å². The minimum Gasteiger partial charge on any atom is -0.496 e. The highest BCUT2D eigenvalue weighted by Crippen LogP contribution is 2.22. The number of ether oxygens (including phenoxy) is 1. The van der Waals surface area contributed by atoms with E-state index in [2.05, 4.69) is 6.07 Å². The van der Waals surface area contributed by atoms with E-state index in [0.29, 0.717) is 12.1 Å². The predicted molar refractivity (Wildman–Crippen MR) is 99.0 cm³/mol. The highest BCUT2D eigenvalue weighted by Gasteiger charge is 2.18. The number of benzene rings is 2. The van der Waals surface area contributed by atoms with Crippen molar-refractivity contribution in [2.45, 2.75) is 19.9 Å². The van der Waals surface area contributed by atoms with Gasteiger partial charge in [-0.15, -0.1) is 0 Å². The number of carbonyl (C=O) groups excluding carboxylic acids is 1. The van der Waals surface area contributed by atoms with Crippen molar-refractivity contribution in [3.05, 3.63) is 71.3 Å². The molecule has 0 fully saturated rings. The minimum atomic E-state index is -0.0763. The van der Waals surface area contributed by atoms with Crippen LogP contribution in [0, 0.1) is 11.3 Å². The molecule has 1 unspecified atom stereocenters. The van der Waals surface area contributed by atoms with Gasteiger partial charge in [0.2, 0.25) is 5.91 Å². The normalized spacial score (nSPS) is 11.8. The lowest BCUT2D eigenvalue weighted by molar-refractivity contribution is -0.127. The highest BCUT2D eigenvalue weighted by atomic mass is 16.5. The van der Waals surface area contributed by atoms with Crippen LogP contribution in [0.1, 0.15) is 36.6 Å². The summed E-state index contributed by atoms with van der Waals surface area (Å²) in [5, 5.41) is 8.90. The van der Waals surface area contributed by atoms with Gasteiger partial charge in [-0.3, -0.25) is 4.79 Å². The summed E-state index contributed by atoms with van der Waals surface area (Å²) >= 11 is 0. The van der Waals surface area contributed by atoms with Gasteiger partial charge in [-0.2, -0.15) is 5.26 Å². The number of nitriles is 1. The first-order chi connectivity index (χ1) is 12.1. The Hall–Kier alpha value is -3.06. The highest BCUT2D eigenvalue weighted by molar-refractivity contribution is 5.92. The van der Waals surface area contributed by atoms with Gasteiger partial charge in [0.1, 0.15) is 5.75 Å². The maximum atomic E-state index is 12.6. The van der Waals surface area contributed by atoms with Crippen molar-refractivity contribution in [1.82, 2.24) is 4.90 Å². The molecule has 0 saturated carbocycles. The predicted octanol–water partition coefficient (Wildman–Crippen LogP) is 4.19. The van der Waals surface area contributed by atoms with E-state index < -0.39 is 0 Å². The van der Waals surface area contributed by atoms with E-state index >= 15 is 0 Å². The Balaban J connectivity index is 2.17. The fourth-order valence-corrected chi connectivity index (χ4v) is 2.70. The average Bonchev–Trinajstić information content (AvgIpc) is 2.67. The van der Waals surface area contributed by atoms with E-state index in [1.54, 1.807) is 36.3 Å². The molecule has 0 saturated heterocycles. The standard InChI is InChI=1S/C21H22N2O2/c1-4-23(16(2)18-11-9-17(15-22)10-12-18)21(24)14-13-19-7-5-6-8-20(19)25-3/h5-14,16H,4H2,1-3H3/b14-13+. The Morgan fingerprint density at radius 2 is 1.92 bits per heavy atom. The second kappa shape index (κ2) is 8.70. The Kier molecular flexibility index (Phi) is 6.36. The molecule has 0 spiro atoms. The Labute approximate surface area is 149 Å². The van der Waals surface area contributed by atoms with Crippen LogP contribution in [0.2, 0.25) is 0 Å². The average molecular weight is 334 g/mol. The van der Waals surface area contributed by atoms with E-state index in [-0.39, 0.29) is 11.9 Å². The first kappa shape index (κ1) is 18.3. The summed E-state index contributed by atoms with van der Waals surface area (Å²) in [6, 6.07) is 16.9. The van der Waals surface area contributed by atoms with E-state index in [0.717, 1.165) is 16.9 Å². The Morgan fingerprint density at radius 1 is 1.24 bits per heavy atom. The number of rotatable bonds is 6. The lowest BCUT2D eigenvalue weighted by Gasteiger charge is -2.27. The molecule has 2 aromatic rings. The second-order valence-electron chi connectivity index (χ2n) is 5.61. The number of para-hydroxylation sites is 1. The quantitative estimate of drug-likeness (QED) is 0.744. The van der Waals surface area contributed by atoms with Crippen LogP contribution in [0.5, 0.6) is 5.75 Å². The van der Waals surface area contributed by atoms with Crippen LogP contribution in [0.15, 0.2) is 54.6 Å². The lowest BCUT2D eigenvalue weighted by atomic mass is 10.0. The van der Waals surface area contributed by atoms with Crippen LogP contribution >= 0.6 is 0 Å². The third-order valence-electron chi connectivity index (χ3n) is 4.16. The number of likely N-dealkylation sites (N-methyl/N-ethyl adjacent to an activating group) is 1. The summed E-state index contributed by atoms with van der Waals surface area (Å²) in [4.78, 5) is 14.4. The number of hydrogen-bond donors (Lipinski definition) is 0. The molecule has 25 heavy (non-hydrogen) atoms. The van der Waals surface area contributed by atoms with Gasteiger partial charge in [0, 0.05) is 18.2 Å². The van der Waals surface area contributed by atoms with E-state index in [1.165, 1.54) is 0 Å². The van der Waals surface area contributed by atoms with Crippen LogP contribution in [0.25, 0.3) is 6.08 Å². The summed E-state index contributed by atoms with van der Waals surface area (Å²) in [5.41, 5.74) is 2.47. The van der Waals surface area contributed by atoms with Gasteiger partial charge < -0.3 is 9.64 Å². The largest absolute Gasteiger partial charge is 0.496 e. The molecule has 128 valence electrons. The maximum Gasteiger partial charge on any atom is 0.247 e. The molecular formula is C21H22N2O2. The third-order valence-corrected chi connectivity index (χ3v) is 4.16. The molecule has 0 aliphatic rings. The summed E-state index contributed by atoms with van der Waals surface area (Å²) in [7, 11) is 1.61. The summed E-state index contributed by atoms with van der Waals surface area (Å²) in [5.74, 6) is 0.667. The second-order valence-corrected chi connectivity index (χ2v) is 5.61. The first-order valence-corrected chi connectivity index (χ1v) is 8.22. The van der Waals surface area contributed by atoms with Gasteiger partial charge in [-0.25, -0.2) is 0 Å². The van der Waals surface area contributed by atoms with Gasteiger partial charge >= 0.3 is 0 Å². The number of methoxy groups -OCH3 is 1. The molecule has 0 aliphatic carbocycles. The van der Waals surface area contributed by atoms with Crippen LogP contribution in [-0.2, 0) is 4.79 Å². The SMILES string of the molecule is CCN(C(=O)/C=C/c1ccccc1OC)C(C)c1ccc(C#N)cc1. The smallest absolute Gasteiger partial charge is 0.247 e. The summed E-state index contributed by atoms with van der Waals surface area (Å²) in [6.07, 6.45) is 3.34. The molecule has 4 nitrogen and oxygen atoms in total. The molecule has 1 atom stereocenters. The van der Waals surface area contributed by atoms with Crippen molar-refractivity contribution < 1.29 is 9.53 Å². The molecule has 0 aromatic heterocycles. The fraction of sp³-hybridized carbons (Fsp3) is 0.238. The Morgan fingerprint density at radius 3 is 2.52 bits per heavy atom. The van der Waals surface area contributed by atoms with Crippen LogP contribution in [0.4, 0.5) is 0 Å². The van der Waals surface area contributed by atoms with Gasteiger partial charge in [-0.05, 0) is 43.7 Å². The van der Waals surface area contributed by atoms with Crippen molar-refractivity contribution in [2.24, 2.45) is 0 Å². The van der Waals surface area contributed by atoms with E-state index in [9.17, 15) is 4.79 Å². The Bertz CT molecular complexity index is 788. The molecule has 0 N–H and O–H groups in total. The molecule has 0 heterocycles. The van der Waals surface area contributed by atoms with Crippen molar-refractivity contribution in [3.63, 3.8) is 0 Å². The van der Waals surface area contributed by atoms with Crippen molar-refractivity contribution in [3.8, 4) is 11.8 Å². The zero-order valence-electron chi connectivity index (χ0n) is 14.8. The number of hydrogen-bond acceptors (Lipinski definition) is 3. The fourth-order valence-electron chi connectivity index (χ4n) is 2.70. The van der Waals surface area contributed by atoms with Crippen LogP contribution in [0.3, 0.4) is 0 Å². The number of carbonyl (C=O) groups is 1. The number of nitrogens with zero attached hydrogens (tertiary/aromatic N) is 2. The van der Waals surface area contributed by atoms with E-state index in [1.807, 2.05) is 50.2 Å². The molecule has 0 radical (unpaired) electrons. The van der Waals surface area contributed by atoms with Gasteiger partial charge in [0.25, 0.3) is 0 Å². The molecule has 2 aromatic carbocycles. The van der Waals surface area contributed by atoms with Crippen molar-refractivity contribution in [1.29, 1.82) is 5.26 Å². The van der Waals surface area contributed by atoms with Gasteiger partial charge in [-0.1, -0.05) is 30.3 Å². The van der Waals surface area contributed by atoms with Crippen molar-refractivity contribution >= 4 is 12.0 Å². The third kappa shape index (κ3) is 4.48. The van der Waals surface area contributed by atoms with Crippen LogP contribution in [-0.4, -0.2) is 24.5 Å². The molecule has 1 amide bonds. The minimum absolute atomic E-state index is 0.0646. The van der Waals surface area contributed by atoms with Gasteiger partial charge in [0.15, 0.2) is 0 Å². The monoisotopic (exact) mass is 334 g/mol. The molecule has 2 rings (SSSR count). The summed E-state index contributed by atoms with van der Waals surface area (Å²) in [6.45, 7) is 4.53. The van der Waals surface area contributed by atoms with Crippen LogP contribution < -0.4 is 4.74 Å². The zero-order chi connectivity index (χ0) is 18.2. The molecule has 4 heteroatoms. The molecule has 0 bridgehead atoms. The topological polar surface area (TPSA) is 53.3 Å². The zero-order valence-corrected chi connectivity index (χ0v) is 14.8. The summed E-state index contributed by atoms with van der Waals surface area (Å²) < 4.78 is 5.30. The molecule has 0 aliphatic heterocycles. The van der Waals surface area contributed by atoms with Crippen molar-refractivity contribution in [2.75, 3.05) is 13.7 Å². The maximum absolute atomic E-state index is 12.6.